The number of ether oxygens (including phenoxy) is 2. The van der Waals surface area contributed by atoms with E-state index in [1.807, 2.05) is 12.1 Å². The third-order valence-corrected chi connectivity index (χ3v) is 5.76. The number of urea groups is 1. The fraction of sp³-hybridized carbons (Fsp3) is 0.421. The third kappa shape index (κ3) is 4.25. The molecule has 0 spiro atoms. The molecule has 1 saturated carbocycles. The predicted molar refractivity (Wildman–Crippen MR) is 108 cm³/mol. The molecule has 0 bridgehead atoms. The van der Waals surface area contributed by atoms with Crippen LogP contribution in [0.5, 0.6) is 5.75 Å². The Morgan fingerprint density at radius 2 is 2.07 bits per heavy atom. The minimum atomic E-state index is -0.640. The van der Waals surface area contributed by atoms with Gasteiger partial charge in [-0.15, -0.1) is 5.10 Å². The van der Waals surface area contributed by atoms with E-state index in [2.05, 4.69) is 26.2 Å². The molecule has 1 aromatic heterocycles. The van der Waals surface area contributed by atoms with E-state index in [1.54, 1.807) is 30.8 Å². The van der Waals surface area contributed by atoms with Crippen molar-refractivity contribution < 1.29 is 19.1 Å². The Morgan fingerprint density at radius 1 is 1.30 bits per heavy atom. The molecule has 1 atom stereocenters. The Labute approximate surface area is 177 Å². The number of tetrazole rings is 1. The van der Waals surface area contributed by atoms with Gasteiger partial charge in [-0.3, -0.25) is 0 Å². The van der Waals surface area contributed by atoms with Crippen LogP contribution in [-0.2, 0) is 9.53 Å². The number of hydrogen-bond donors (Lipinski definition) is 2. The highest BCUT2D eigenvalue weighted by molar-refractivity contribution is 7.99. The summed E-state index contributed by atoms with van der Waals surface area (Å²) in [4.78, 5) is 25.2. The van der Waals surface area contributed by atoms with Crippen LogP contribution in [0.4, 0.5) is 4.79 Å². The average Bonchev–Trinajstić information content (AvgIpc) is 3.49. The van der Waals surface area contributed by atoms with Crippen LogP contribution in [0.25, 0.3) is 0 Å². The van der Waals surface area contributed by atoms with Gasteiger partial charge in [0.05, 0.1) is 31.4 Å². The first-order valence-corrected chi connectivity index (χ1v) is 10.6. The minimum Gasteiger partial charge on any atom is -0.497 e. The number of thioether (sulfide) groups is 1. The van der Waals surface area contributed by atoms with Crippen LogP contribution in [0.15, 0.2) is 40.7 Å². The summed E-state index contributed by atoms with van der Waals surface area (Å²) in [5.74, 6) is 0.521. The van der Waals surface area contributed by atoms with Crippen LogP contribution in [0, 0.1) is 0 Å². The highest BCUT2D eigenvalue weighted by Crippen LogP contribution is 2.37. The fourth-order valence-electron chi connectivity index (χ4n) is 3.19. The summed E-state index contributed by atoms with van der Waals surface area (Å²) >= 11 is 1.37. The van der Waals surface area contributed by atoms with Gasteiger partial charge in [0, 0.05) is 11.4 Å². The zero-order valence-corrected chi connectivity index (χ0v) is 17.4. The van der Waals surface area contributed by atoms with Crippen LogP contribution in [0.1, 0.15) is 37.4 Å². The number of carbonyl (C=O) groups excluding carboxylic acids is 2. The van der Waals surface area contributed by atoms with Crippen molar-refractivity contribution in [2.75, 3.05) is 19.5 Å². The summed E-state index contributed by atoms with van der Waals surface area (Å²) in [6, 6.07) is 6.49. The lowest BCUT2D eigenvalue weighted by atomic mass is 9.95. The molecule has 2 aliphatic rings. The van der Waals surface area contributed by atoms with Crippen molar-refractivity contribution in [3.8, 4) is 5.75 Å². The van der Waals surface area contributed by atoms with E-state index in [9.17, 15) is 9.59 Å². The van der Waals surface area contributed by atoms with Gasteiger partial charge < -0.3 is 20.1 Å². The fourth-order valence-corrected chi connectivity index (χ4v) is 4.11. The molecule has 1 aromatic carbocycles. The largest absolute Gasteiger partial charge is 0.497 e. The van der Waals surface area contributed by atoms with E-state index in [1.165, 1.54) is 11.8 Å². The van der Waals surface area contributed by atoms with Gasteiger partial charge in [-0.2, -0.15) is 0 Å². The number of nitrogens with zero attached hydrogens (tertiary/aromatic N) is 4. The lowest BCUT2D eigenvalue weighted by molar-refractivity contribution is -0.139. The van der Waals surface area contributed by atoms with E-state index in [4.69, 9.17) is 9.47 Å². The number of aromatic nitrogens is 4. The zero-order valence-electron chi connectivity index (χ0n) is 16.6. The van der Waals surface area contributed by atoms with Crippen molar-refractivity contribution in [3.63, 3.8) is 0 Å². The first-order chi connectivity index (χ1) is 14.6. The maximum Gasteiger partial charge on any atom is 0.338 e. The van der Waals surface area contributed by atoms with Crippen molar-refractivity contribution in [2.45, 2.75) is 37.0 Å². The van der Waals surface area contributed by atoms with Gasteiger partial charge in [-0.25, -0.2) is 14.3 Å². The number of nitrogens with one attached hydrogen (secondary N) is 2. The molecule has 2 N–H and O–H groups in total. The van der Waals surface area contributed by atoms with Crippen molar-refractivity contribution in [1.82, 2.24) is 30.8 Å². The summed E-state index contributed by atoms with van der Waals surface area (Å²) in [6.45, 7) is 1.97. The SMILES string of the molecule is CCOC(=O)C1=C(CSc2nnnn2C2CC2)NC(=O)NC1c1ccc(OC)cc1. The molecular weight excluding hydrogens is 408 g/mol. The third-order valence-electron chi connectivity index (χ3n) is 4.80. The van der Waals surface area contributed by atoms with Crippen LogP contribution in [0.3, 0.4) is 0 Å². The molecule has 2 heterocycles. The Hall–Kier alpha value is -3.08. The van der Waals surface area contributed by atoms with Crippen LogP contribution < -0.4 is 15.4 Å². The molecule has 0 radical (unpaired) electrons. The summed E-state index contributed by atoms with van der Waals surface area (Å²) in [5, 5.41) is 18.1. The lowest BCUT2D eigenvalue weighted by Gasteiger charge is -2.29. The molecular formula is C19H22N6O4S. The Kier molecular flexibility index (Phi) is 5.88. The lowest BCUT2D eigenvalue weighted by Crippen LogP contribution is -2.46. The Bertz CT molecular complexity index is 970. The molecule has 2 amide bonds. The highest BCUT2D eigenvalue weighted by Gasteiger charge is 2.34. The van der Waals surface area contributed by atoms with Gasteiger partial charge in [0.2, 0.25) is 5.16 Å². The van der Waals surface area contributed by atoms with E-state index in [-0.39, 0.29) is 12.6 Å². The molecule has 158 valence electrons. The molecule has 1 fully saturated rings. The van der Waals surface area contributed by atoms with Crippen LogP contribution >= 0.6 is 11.8 Å². The second kappa shape index (κ2) is 8.74. The van der Waals surface area contributed by atoms with Gasteiger partial charge in [0.25, 0.3) is 0 Å². The molecule has 1 aliphatic heterocycles. The molecule has 30 heavy (non-hydrogen) atoms. The maximum atomic E-state index is 12.8. The Balaban J connectivity index is 1.65. The van der Waals surface area contributed by atoms with E-state index < -0.39 is 12.0 Å². The number of esters is 1. The molecule has 4 rings (SSSR count). The van der Waals surface area contributed by atoms with E-state index in [0.29, 0.717) is 34.0 Å². The van der Waals surface area contributed by atoms with Gasteiger partial charge >= 0.3 is 12.0 Å². The molecule has 10 nitrogen and oxygen atoms in total. The summed E-state index contributed by atoms with van der Waals surface area (Å²) in [7, 11) is 1.58. The van der Waals surface area contributed by atoms with Gasteiger partial charge in [-0.05, 0) is 47.9 Å². The van der Waals surface area contributed by atoms with Crippen molar-refractivity contribution in [1.29, 1.82) is 0 Å². The summed E-state index contributed by atoms with van der Waals surface area (Å²) in [5.41, 5.74) is 1.59. The van der Waals surface area contributed by atoms with Gasteiger partial charge in [0.1, 0.15) is 5.75 Å². The number of amides is 2. The number of carbonyl (C=O) groups is 2. The molecule has 1 unspecified atom stereocenters. The standard InChI is InChI=1S/C19H22N6O4S/c1-3-29-17(26)15-14(10-30-19-22-23-24-25(19)12-6-7-12)20-18(27)21-16(15)11-4-8-13(28-2)9-5-11/h4-5,8-9,12,16H,3,6-7,10H2,1-2H3,(H2,20,21,27). The summed E-state index contributed by atoms with van der Waals surface area (Å²) in [6.07, 6.45) is 2.10. The van der Waals surface area contributed by atoms with E-state index >= 15 is 0 Å². The quantitative estimate of drug-likeness (QED) is 0.482. The number of hydrogen-bond acceptors (Lipinski definition) is 8. The zero-order chi connectivity index (χ0) is 21.1. The van der Waals surface area contributed by atoms with Crippen LogP contribution in [-0.4, -0.2) is 51.7 Å². The number of rotatable bonds is 8. The molecule has 11 heteroatoms. The van der Waals surface area contributed by atoms with Gasteiger partial charge in [0.15, 0.2) is 0 Å². The average molecular weight is 430 g/mol. The number of methoxy groups -OCH3 is 1. The molecule has 2 aromatic rings. The predicted octanol–water partition coefficient (Wildman–Crippen LogP) is 1.98. The number of benzene rings is 1. The minimum absolute atomic E-state index is 0.228. The second-order valence-electron chi connectivity index (χ2n) is 6.84. The first-order valence-electron chi connectivity index (χ1n) is 9.63. The topological polar surface area (TPSA) is 120 Å². The van der Waals surface area contributed by atoms with Crippen molar-refractivity contribution in [3.05, 3.63) is 41.1 Å². The normalized spacial score (nSPS) is 18.6. The molecule has 1 aliphatic carbocycles. The monoisotopic (exact) mass is 430 g/mol. The maximum absolute atomic E-state index is 12.8. The van der Waals surface area contributed by atoms with Crippen molar-refractivity contribution in [2.24, 2.45) is 0 Å². The first kappa shape index (κ1) is 20.2. The Morgan fingerprint density at radius 3 is 2.73 bits per heavy atom. The highest BCUT2D eigenvalue weighted by atomic mass is 32.2. The molecule has 0 saturated heterocycles. The summed E-state index contributed by atoms with van der Waals surface area (Å²) < 4.78 is 12.3. The van der Waals surface area contributed by atoms with Crippen LogP contribution in [0.2, 0.25) is 0 Å². The second-order valence-corrected chi connectivity index (χ2v) is 7.79. The smallest absolute Gasteiger partial charge is 0.338 e. The van der Waals surface area contributed by atoms with Gasteiger partial charge in [-0.1, -0.05) is 23.9 Å². The van der Waals surface area contributed by atoms with Crippen molar-refractivity contribution >= 4 is 23.8 Å². The van der Waals surface area contributed by atoms with E-state index in [0.717, 1.165) is 18.4 Å².